The van der Waals surface area contributed by atoms with Crippen molar-refractivity contribution in [1.29, 1.82) is 0 Å². The molecule has 7 heteroatoms. The highest BCUT2D eigenvalue weighted by Crippen LogP contribution is 2.22. The molecule has 2 heterocycles. The minimum atomic E-state index is -0.427. The molecule has 0 saturated carbocycles. The van der Waals surface area contributed by atoms with Gasteiger partial charge >= 0.3 is 0 Å². The number of nitrogens with zero attached hydrogens (tertiary/aromatic N) is 3. The van der Waals surface area contributed by atoms with Gasteiger partial charge in [0.2, 0.25) is 11.8 Å². The fourth-order valence-corrected chi connectivity index (χ4v) is 2.90. The molecule has 1 fully saturated rings. The SMILES string of the molecule is CCc1nn(C)c(CNC2CC(=O)N(C)C2=O)c1Br. The van der Waals surface area contributed by atoms with Crippen LogP contribution in [0.2, 0.25) is 0 Å². The van der Waals surface area contributed by atoms with Crippen LogP contribution in [0, 0.1) is 0 Å². The number of carbonyl (C=O) groups excluding carboxylic acids is 2. The highest BCUT2D eigenvalue weighted by Gasteiger charge is 2.35. The van der Waals surface area contributed by atoms with Gasteiger partial charge in [-0.3, -0.25) is 24.5 Å². The van der Waals surface area contributed by atoms with Gasteiger partial charge in [-0.2, -0.15) is 5.10 Å². The number of halogens is 1. The van der Waals surface area contributed by atoms with Gasteiger partial charge < -0.3 is 0 Å². The van der Waals surface area contributed by atoms with Crippen LogP contribution in [-0.4, -0.2) is 39.6 Å². The number of carbonyl (C=O) groups is 2. The highest BCUT2D eigenvalue weighted by atomic mass is 79.9. The van der Waals surface area contributed by atoms with E-state index in [0.717, 1.165) is 22.3 Å². The van der Waals surface area contributed by atoms with E-state index in [9.17, 15) is 9.59 Å². The van der Waals surface area contributed by atoms with Gasteiger partial charge in [0.05, 0.1) is 28.3 Å². The second-order valence-electron chi connectivity index (χ2n) is 4.61. The average Bonchev–Trinajstić information content (AvgIpc) is 2.79. The number of likely N-dealkylation sites (tertiary alicyclic amines) is 1. The largest absolute Gasteiger partial charge is 0.300 e. The summed E-state index contributed by atoms with van der Waals surface area (Å²) in [7, 11) is 3.39. The lowest BCUT2D eigenvalue weighted by molar-refractivity contribution is -0.137. The van der Waals surface area contributed by atoms with E-state index < -0.39 is 6.04 Å². The summed E-state index contributed by atoms with van der Waals surface area (Å²) in [4.78, 5) is 24.4. The Balaban J connectivity index is 2.06. The molecule has 0 spiro atoms. The predicted octanol–water partition coefficient (Wildman–Crippen LogP) is 0.592. The van der Waals surface area contributed by atoms with Gasteiger partial charge in [0.15, 0.2) is 0 Å². The molecule has 1 unspecified atom stereocenters. The van der Waals surface area contributed by atoms with Crippen LogP contribution in [0.4, 0.5) is 0 Å². The third kappa shape index (κ3) is 2.57. The zero-order valence-electron chi connectivity index (χ0n) is 11.2. The van der Waals surface area contributed by atoms with Crippen molar-refractivity contribution in [3.8, 4) is 0 Å². The summed E-state index contributed by atoms with van der Waals surface area (Å²) >= 11 is 3.53. The van der Waals surface area contributed by atoms with Crippen molar-refractivity contribution in [2.75, 3.05) is 7.05 Å². The number of rotatable bonds is 4. The summed E-state index contributed by atoms with van der Waals surface area (Å²) in [5, 5.41) is 7.52. The van der Waals surface area contributed by atoms with E-state index in [-0.39, 0.29) is 18.2 Å². The molecule has 1 aliphatic rings. The molecular formula is C12H17BrN4O2. The Hall–Kier alpha value is -1.21. The third-order valence-corrected chi connectivity index (χ3v) is 4.32. The fraction of sp³-hybridized carbons (Fsp3) is 0.583. The summed E-state index contributed by atoms with van der Waals surface area (Å²) < 4.78 is 2.76. The molecule has 0 aliphatic carbocycles. The summed E-state index contributed by atoms with van der Waals surface area (Å²) in [5.41, 5.74) is 1.97. The predicted molar refractivity (Wildman–Crippen MR) is 73.3 cm³/mol. The van der Waals surface area contributed by atoms with Crippen molar-refractivity contribution >= 4 is 27.7 Å². The summed E-state index contributed by atoms with van der Waals surface area (Å²) in [6, 6.07) is -0.427. The number of nitrogens with one attached hydrogen (secondary N) is 1. The molecule has 0 aromatic carbocycles. The quantitative estimate of drug-likeness (QED) is 0.821. The molecular weight excluding hydrogens is 312 g/mol. The Morgan fingerprint density at radius 2 is 2.11 bits per heavy atom. The molecule has 0 bridgehead atoms. The minimum absolute atomic E-state index is 0.138. The average molecular weight is 329 g/mol. The molecule has 104 valence electrons. The van der Waals surface area contributed by atoms with Crippen molar-refractivity contribution in [3.05, 3.63) is 15.9 Å². The van der Waals surface area contributed by atoms with Crippen LogP contribution >= 0.6 is 15.9 Å². The first-order chi connectivity index (χ1) is 8.95. The number of hydrogen-bond donors (Lipinski definition) is 1. The summed E-state index contributed by atoms with van der Waals surface area (Å²) in [6.45, 7) is 2.54. The molecule has 1 aliphatic heterocycles. The van der Waals surface area contributed by atoms with Gasteiger partial charge in [-0.15, -0.1) is 0 Å². The standard InChI is InChI=1S/C12H17BrN4O2/c1-4-7-11(13)9(17(3)15-7)6-14-8-5-10(18)16(2)12(8)19/h8,14H,4-6H2,1-3H3. The van der Waals surface area contributed by atoms with E-state index in [0.29, 0.717) is 6.54 Å². The van der Waals surface area contributed by atoms with Crippen molar-refractivity contribution in [3.63, 3.8) is 0 Å². The molecule has 19 heavy (non-hydrogen) atoms. The molecule has 6 nitrogen and oxygen atoms in total. The smallest absolute Gasteiger partial charge is 0.246 e. The van der Waals surface area contributed by atoms with Crippen LogP contribution in [0.5, 0.6) is 0 Å². The maximum atomic E-state index is 11.8. The van der Waals surface area contributed by atoms with E-state index in [4.69, 9.17) is 0 Å². The molecule has 1 N–H and O–H groups in total. The minimum Gasteiger partial charge on any atom is -0.300 e. The van der Waals surface area contributed by atoms with Crippen LogP contribution in [-0.2, 0) is 29.6 Å². The van der Waals surface area contributed by atoms with Gasteiger partial charge in [0.25, 0.3) is 0 Å². The summed E-state index contributed by atoms with van der Waals surface area (Å²) in [5.74, 6) is -0.306. The van der Waals surface area contributed by atoms with Gasteiger partial charge in [0, 0.05) is 20.6 Å². The van der Waals surface area contributed by atoms with Crippen LogP contribution in [0.1, 0.15) is 24.7 Å². The van der Waals surface area contributed by atoms with Crippen LogP contribution < -0.4 is 5.32 Å². The maximum absolute atomic E-state index is 11.8. The topological polar surface area (TPSA) is 67.2 Å². The van der Waals surface area contributed by atoms with Gasteiger partial charge in [-0.05, 0) is 22.4 Å². The lowest BCUT2D eigenvalue weighted by atomic mass is 10.2. The molecule has 1 aromatic rings. The lowest BCUT2D eigenvalue weighted by Gasteiger charge is -2.11. The molecule has 1 saturated heterocycles. The second-order valence-corrected chi connectivity index (χ2v) is 5.41. The first-order valence-corrected chi connectivity index (χ1v) is 6.99. The Labute approximate surface area is 120 Å². The number of aromatic nitrogens is 2. The number of imide groups is 1. The Kier molecular flexibility index (Phi) is 4.05. The number of likely N-dealkylation sites (N-methyl/N-ethyl adjacent to an activating group) is 1. The van der Waals surface area contributed by atoms with E-state index in [1.165, 1.54) is 11.9 Å². The van der Waals surface area contributed by atoms with Crippen molar-refractivity contribution in [1.82, 2.24) is 20.0 Å². The van der Waals surface area contributed by atoms with Gasteiger partial charge in [-0.25, -0.2) is 0 Å². The molecule has 1 atom stereocenters. The van der Waals surface area contributed by atoms with Crippen molar-refractivity contribution < 1.29 is 9.59 Å². The van der Waals surface area contributed by atoms with E-state index >= 15 is 0 Å². The molecule has 2 amide bonds. The second kappa shape index (κ2) is 5.42. The number of amides is 2. The first-order valence-electron chi connectivity index (χ1n) is 6.19. The number of hydrogen-bond acceptors (Lipinski definition) is 4. The third-order valence-electron chi connectivity index (χ3n) is 3.40. The maximum Gasteiger partial charge on any atom is 0.246 e. The van der Waals surface area contributed by atoms with Gasteiger partial charge in [0.1, 0.15) is 0 Å². The van der Waals surface area contributed by atoms with Crippen molar-refractivity contribution in [2.24, 2.45) is 7.05 Å². The van der Waals surface area contributed by atoms with E-state index in [1.807, 2.05) is 14.0 Å². The normalized spacial score (nSPS) is 19.6. The molecule has 2 rings (SSSR count). The molecule has 0 radical (unpaired) electrons. The fourth-order valence-electron chi connectivity index (χ4n) is 2.15. The van der Waals surface area contributed by atoms with Crippen LogP contribution in [0.15, 0.2) is 4.47 Å². The summed E-state index contributed by atoms with van der Waals surface area (Å²) in [6.07, 6.45) is 1.07. The first kappa shape index (κ1) is 14.2. The number of aryl methyl sites for hydroxylation is 2. The highest BCUT2D eigenvalue weighted by molar-refractivity contribution is 9.10. The zero-order chi connectivity index (χ0) is 14.2. The Bertz CT molecular complexity index is 526. The van der Waals surface area contributed by atoms with E-state index in [1.54, 1.807) is 4.68 Å². The van der Waals surface area contributed by atoms with Crippen LogP contribution in [0.3, 0.4) is 0 Å². The Morgan fingerprint density at radius 1 is 1.42 bits per heavy atom. The van der Waals surface area contributed by atoms with E-state index in [2.05, 4.69) is 26.3 Å². The van der Waals surface area contributed by atoms with Crippen LogP contribution in [0.25, 0.3) is 0 Å². The Morgan fingerprint density at radius 3 is 2.58 bits per heavy atom. The zero-order valence-corrected chi connectivity index (χ0v) is 12.8. The molecule has 1 aromatic heterocycles. The van der Waals surface area contributed by atoms with Crippen molar-refractivity contribution in [2.45, 2.75) is 32.4 Å². The van der Waals surface area contributed by atoms with Gasteiger partial charge in [-0.1, -0.05) is 6.92 Å². The monoisotopic (exact) mass is 328 g/mol. The lowest BCUT2D eigenvalue weighted by Crippen LogP contribution is -2.37.